The molecule has 2 rings (SSSR count). The number of hydrogen-bond acceptors (Lipinski definition) is 4. The Morgan fingerprint density at radius 3 is 2.59 bits per heavy atom. The van der Waals surface area contributed by atoms with Crippen molar-refractivity contribution in [3.8, 4) is 0 Å². The number of hydrogen-bond donors (Lipinski definition) is 1. The predicted molar refractivity (Wildman–Crippen MR) is 85.1 cm³/mol. The minimum atomic E-state index is 0.135. The van der Waals surface area contributed by atoms with Gasteiger partial charge in [0.2, 0.25) is 5.91 Å². The molecule has 0 spiro atoms. The number of aliphatic hydroxyl groups is 1. The zero-order chi connectivity index (χ0) is 16.1. The normalized spacial score (nSPS) is 22.0. The Hall–Kier alpha value is -1.40. The van der Waals surface area contributed by atoms with Gasteiger partial charge in [0.25, 0.3) is 0 Å². The van der Waals surface area contributed by atoms with Crippen LogP contribution in [0.4, 0.5) is 0 Å². The van der Waals surface area contributed by atoms with Crippen molar-refractivity contribution in [2.24, 2.45) is 13.0 Å². The zero-order valence-electron chi connectivity index (χ0n) is 13.9. The van der Waals surface area contributed by atoms with E-state index in [0.29, 0.717) is 31.7 Å². The summed E-state index contributed by atoms with van der Waals surface area (Å²) in [7, 11) is 5.74. The van der Waals surface area contributed by atoms with Crippen molar-refractivity contribution in [1.82, 2.24) is 19.6 Å². The van der Waals surface area contributed by atoms with Crippen LogP contribution in [0.3, 0.4) is 0 Å². The summed E-state index contributed by atoms with van der Waals surface area (Å²) in [5, 5.41) is 13.3. The molecule has 1 N–H and O–H groups in total. The summed E-state index contributed by atoms with van der Waals surface area (Å²) in [6, 6.07) is 0.457. The van der Waals surface area contributed by atoms with Crippen molar-refractivity contribution in [2.45, 2.75) is 38.3 Å². The van der Waals surface area contributed by atoms with Crippen LogP contribution >= 0.6 is 0 Å². The average Bonchev–Trinajstić information content (AvgIpc) is 2.92. The van der Waals surface area contributed by atoms with Crippen LogP contribution in [0.5, 0.6) is 0 Å². The van der Waals surface area contributed by atoms with E-state index in [0.717, 1.165) is 31.2 Å². The van der Waals surface area contributed by atoms with Gasteiger partial charge in [-0.2, -0.15) is 5.10 Å². The fourth-order valence-electron chi connectivity index (χ4n) is 3.15. The predicted octanol–water partition coefficient (Wildman–Crippen LogP) is 0.861. The number of carbonyl (C=O) groups excluding carboxylic acids is 1. The standard InChI is InChI=1S/C16H28N4O2/c1-18(15-6-4-13(12-21)5-7-15)11-16(22)19(2)9-14-8-17-20(3)10-14/h8,10,13,15,21H,4-7,9,11-12H2,1-3H3. The number of rotatable bonds is 6. The van der Waals surface area contributed by atoms with Crippen molar-refractivity contribution in [1.29, 1.82) is 0 Å². The van der Waals surface area contributed by atoms with Gasteiger partial charge < -0.3 is 10.0 Å². The van der Waals surface area contributed by atoms with Crippen LogP contribution in [-0.2, 0) is 18.4 Å². The van der Waals surface area contributed by atoms with Gasteiger partial charge in [0.1, 0.15) is 0 Å². The van der Waals surface area contributed by atoms with Crippen LogP contribution in [0.25, 0.3) is 0 Å². The Kier molecular flexibility index (Phi) is 5.97. The van der Waals surface area contributed by atoms with Gasteiger partial charge in [0.05, 0.1) is 12.7 Å². The summed E-state index contributed by atoms with van der Waals surface area (Å²) in [5.74, 6) is 0.587. The maximum atomic E-state index is 12.3. The fraction of sp³-hybridized carbons (Fsp3) is 0.750. The molecule has 0 saturated heterocycles. The van der Waals surface area contributed by atoms with E-state index in [1.54, 1.807) is 15.8 Å². The summed E-state index contributed by atoms with van der Waals surface area (Å²) in [4.78, 5) is 16.3. The van der Waals surface area contributed by atoms with Crippen LogP contribution in [0.15, 0.2) is 12.4 Å². The van der Waals surface area contributed by atoms with Gasteiger partial charge in [-0.05, 0) is 38.6 Å². The molecule has 0 aromatic carbocycles. The first-order valence-corrected chi connectivity index (χ1v) is 8.02. The lowest BCUT2D eigenvalue weighted by atomic mass is 9.86. The quantitative estimate of drug-likeness (QED) is 0.847. The third kappa shape index (κ3) is 4.55. The maximum Gasteiger partial charge on any atom is 0.236 e. The van der Waals surface area contributed by atoms with E-state index in [-0.39, 0.29) is 5.91 Å². The van der Waals surface area contributed by atoms with E-state index in [2.05, 4.69) is 10.00 Å². The number of likely N-dealkylation sites (N-methyl/N-ethyl adjacent to an activating group) is 2. The van der Waals surface area contributed by atoms with Gasteiger partial charge in [-0.1, -0.05) is 0 Å². The molecule has 0 unspecified atom stereocenters. The fourth-order valence-corrected chi connectivity index (χ4v) is 3.15. The smallest absolute Gasteiger partial charge is 0.236 e. The number of nitrogens with zero attached hydrogens (tertiary/aromatic N) is 4. The first kappa shape index (κ1) is 17.0. The highest BCUT2D eigenvalue weighted by molar-refractivity contribution is 5.78. The second-order valence-electron chi connectivity index (χ2n) is 6.54. The first-order valence-electron chi connectivity index (χ1n) is 8.02. The van der Waals surface area contributed by atoms with Crippen molar-refractivity contribution in [3.63, 3.8) is 0 Å². The Morgan fingerprint density at radius 1 is 1.36 bits per heavy atom. The molecule has 1 heterocycles. The molecule has 6 heteroatoms. The third-order valence-electron chi connectivity index (χ3n) is 4.69. The molecule has 0 aliphatic heterocycles. The molecule has 6 nitrogen and oxygen atoms in total. The van der Waals surface area contributed by atoms with Gasteiger partial charge in [0.15, 0.2) is 0 Å². The molecular weight excluding hydrogens is 280 g/mol. The highest BCUT2D eigenvalue weighted by atomic mass is 16.3. The van der Waals surface area contributed by atoms with E-state index < -0.39 is 0 Å². The third-order valence-corrected chi connectivity index (χ3v) is 4.69. The lowest BCUT2D eigenvalue weighted by Gasteiger charge is -2.34. The molecule has 22 heavy (non-hydrogen) atoms. The van der Waals surface area contributed by atoms with Gasteiger partial charge in [-0.15, -0.1) is 0 Å². The van der Waals surface area contributed by atoms with E-state index in [1.165, 1.54) is 0 Å². The molecule has 1 aromatic rings. The lowest BCUT2D eigenvalue weighted by Crippen LogP contribution is -2.42. The van der Waals surface area contributed by atoms with Gasteiger partial charge >= 0.3 is 0 Å². The number of carbonyl (C=O) groups is 1. The van der Waals surface area contributed by atoms with Crippen LogP contribution in [0, 0.1) is 5.92 Å². The molecule has 1 aliphatic rings. The number of amides is 1. The molecule has 1 aromatic heterocycles. The molecule has 0 radical (unpaired) electrons. The number of aryl methyl sites for hydroxylation is 1. The second kappa shape index (κ2) is 7.74. The van der Waals surface area contributed by atoms with E-state index in [4.69, 9.17) is 0 Å². The zero-order valence-corrected chi connectivity index (χ0v) is 13.9. The highest BCUT2D eigenvalue weighted by Gasteiger charge is 2.25. The molecule has 1 aliphatic carbocycles. The average molecular weight is 308 g/mol. The van der Waals surface area contributed by atoms with Gasteiger partial charge in [-0.3, -0.25) is 14.4 Å². The summed E-state index contributed by atoms with van der Waals surface area (Å²) >= 11 is 0. The SMILES string of the molecule is CN(Cc1cnn(C)c1)C(=O)CN(C)C1CCC(CO)CC1. The van der Waals surface area contributed by atoms with Crippen LogP contribution in [0.1, 0.15) is 31.2 Å². The first-order chi connectivity index (χ1) is 10.5. The van der Waals surface area contributed by atoms with Gasteiger partial charge in [-0.25, -0.2) is 0 Å². The Morgan fingerprint density at radius 2 is 2.05 bits per heavy atom. The Balaban J connectivity index is 1.78. The topological polar surface area (TPSA) is 61.6 Å². The Labute approximate surface area is 132 Å². The number of aliphatic hydroxyl groups excluding tert-OH is 1. The van der Waals surface area contributed by atoms with Gasteiger partial charge in [0, 0.05) is 45.0 Å². The highest BCUT2D eigenvalue weighted by Crippen LogP contribution is 2.26. The maximum absolute atomic E-state index is 12.3. The summed E-state index contributed by atoms with van der Waals surface area (Å²) in [5.41, 5.74) is 1.05. The summed E-state index contributed by atoms with van der Waals surface area (Å²) < 4.78 is 1.75. The second-order valence-corrected chi connectivity index (χ2v) is 6.54. The van der Waals surface area contributed by atoms with Crippen molar-refractivity contribution in [3.05, 3.63) is 18.0 Å². The van der Waals surface area contributed by atoms with E-state index in [9.17, 15) is 9.90 Å². The monoisotopic (exact) mass is 308 g/mol. The minimum Gasteiger partial charge on any atom is -0.396 e. The largest absolute Gasteiger partial charge is 0.396 e. The molecular formula is C16H28N4O2. The molecule has 0 atom stereocenters. The van der Waals surface area contributed by atoms with Crippen molar-refractivity contribution < 1.29 is 9.90 Å². The lowest BCUT2D eigenvalue weighted by molar-refractivity contribution is -0.132. The molecule has 1 amide bonds. The number of aromatic nitrogens is 2. The van der Waals surface area contributed by atoms with Crippen LogP contribution in [-0.4, -0.2) is 63.9 Å². The van der Waals surface area contributed by atoms with E-state index >= 15 is 0 Å². The van der Waals surface area contributed by atoms with Crippen LogP contribution in [0.2, 0.25) is 0 Å². The molecule has 1 fully saturated rings. The minimum absolute atomic E-state index is 0.135. The van der Waals surface area contributed by atoms with Crippen LogP contribution < -0.4 is 0 Å². The van der Waals surface area contributed by atoms with E-state index in [1.807, 2.05) is 27.3 Å². The van der Waals surface area contributed by atoms with Crippen molar-refractivity contribution in [2.75, 3.05) is 27.2 Å². The van der Waals surface area contributed by atoms with Crippen molar-refractivity contribution >= 4 is 5.91 Å². The molecule has 124 valence electrons. The summed E-state index contributed by atoms with van der Waals surface area (Å²) in [6.07, 6.45) is 7.99. The summed E-state index contributed by atoms with van der Waals surface area (Å²) in [6.45, 7) is 1.34. The molecule has 0 bridgehead atoms. The molecule has 1 saturated carbocycles. The Bertz CT molecular complexity index is 480.